The Hall–Kier alpha value is -2.22. The van der Waals surface area contributed by atoms with Gasteiger partial charge in [0.2, 0.25) is 0 Å². The highest BCUT2D eigenvalue weighted by atomic mass is 19.1. The number of hydrogen-bond acceptors (Lipinski definition) is 6. The van der Waals surface area contributed by atoms with Crippen molar-refractivity contribution in [2.24, 2.45) is 0 Å². The normalized spacial score (nSPS) is 17.2. The third-order valence-corrected chi connectivity index (χ3v) is 3.07. The van der Waals surface area contributed by atoms with E-state index < -0.39 is 10.7 Å². The SMILES string of the molecule is CC(C)(C)OC=O.O=[N+]([O-])c1ccc(F)cc1O[C@@H]1CCCNC1. The molecule has 1 fully saturated rings. The standard InChI is InChI=1S/C11H13FN2O3.C5H10O2/c12-8-3-4-10(14(15)16)11(6-8)17-9-2-1-5-13-7-9;1-5(2,3)7-4-6/h3-4,6,9,13H,1-2,5,7H2;4H,1-3H3/t9-;/m1./s1. The summed E-state index contributed by atoms with van der Waals surface area (Å²) in [4.78, 5) is 19.8. The summed E-state index contributed by atoms with van der Waals surface area (Å²) in [7, 11) is 0. The van der Waals surface area contributed by atoms with Gasteiger partial charge < -0.3 is 14.8 Å². The van der Waals surface area contributed by atoms with Crippen molar-refractivity contribution >= 4 is 12.2 Å². The van der Waals surface area contributed by atoms with E-state index in [-0.39, 0.29) is 23.1 Å². The fourth-order valence-electron chi connectivity index (χ4n) is 1.98. The minimum absolute atomic E-state index is 0.00343. The Bertz CT molecular complexity index is 554. The second-order valence-electron chi connectivity index (χ2n) is 6.28. The number of nitrogens with zero attached hydrogens (tertiary/aromatic N) is 1. The molecule has 0 aliphatic carbocycles. The van der Waals surface area contributed by atoms with Crippen LogP contribution in [0.4, 0.5) is 10.1 Å². The first-order valence-corrected chi connectivity index (χ1v) is 7.65. The fourth-order valence-corrected chi connectivity index (χ4v) is 1.98. The monoisotopic (exact) mass is 342 g/mol. The summed E-state index contributed by atoms with van der Waals surface area (Å²) in [5.41, 5.74) is -0.515. The van der Waals surface area contributed by atoms with Crippen LogP contribution >= 0.6 is 0 Å². The molecule has 0 spiro atoms. The molecule has 0 radical (unpaired) electrons. The van der Waals surface area contributed by atoms with Crippen LogP contribution in [0.5, 0.6) is 5.75 Å². The Morgan fingerprint density at radius 2 is 2.12 bits per heavy atom. The van der Waals surface area contributed by atoms with Crippen LogP contribution in [-0.2, 0) is 9.53 Å². The van der Waals surface area contributed by atoms with Gasteiger partial charge in [-0.25, -0.2) is 4.39 Å². The number of rotatable bonds is 4. The number of nitrogens with one attached hydrogen (secondary N) is 1. The van der Waals surface area contributed by atoms with Gasteiger partial charge in [-0.1, -0.05) is 0 Å². The van der Waals surface area contributed by atoms with Crippen LogP contribution < -0.4 is 10.1 Å². The van der Waals surface area contributed by atoms with Crippen LogP contribution in [0.1, 0.15) is 33.6 Å². The van der Waals surface area contributed by atoms with Crippen molar-refractivity contribution in [3.63, 3.8) is 0 Å². The summed E-state index contributed by atoms with van der Waals surface area (Å²) in [5.74, 6) is -0.530. The minimum atomic E-state index is -0.564. The maximum absolute atomic E-state index is 13.0. The maximum atomic E-state index is 13.0. The number of nitro groups is 1. The molecule has 1 aromatic carbocycles. The first-order chi connectivity index (χ1) is 11.2. The second kappa shape index (κ2) is 9.17. The molecule has 0 aromatic heterocycles. The Morgan fingerprint density at radius 3 is 2.58 bits per heavy atom. The van der Waals surface area contributed by atoms with Crippen LogP contribution in [0.25, 0.3) is 0 Å². The van der Waals surface area contributed by atoms with Crippen LogP contribution in [0.3, 0.4) is 0 Å². The Balaban J connectivity index is 0.000000351. The van der Waals surface area contributed by atoms with Crippen molar-refractivity contribution in [1.82, 2.24) is 5.32 Å². The summed E-state index contributed by atoms with van der Waals surface area (Å²) >= 11 is 0. The molecule has 0 amide bonds. The van der Waals surface area contributed by atoms with Gasteiger partial charge in [0.1, 0.15) is 17.5 Å². The van der Waals surface area contributed by atoms with Crippen molar-refractivity contribution in [3.05, 3.63) is 34.1 Å². The average molecular weight is 342 g/mol. The van der Waals surface area contributed by atoms with Crippen LogP contribution in [0.15, 0.2) is 18.2 Å². The van der Waals surface area contributed by atoms with Gasteiger partial charge >= 0.3 is 5.69 Å². The highest BCUT2D eigenvalue weighted by molar-refractivity contribution is 5.46. The molecule has 0 unspecified atom stereocenters. The molecule has 1 aliphatic heterocycles. The Kier molecular flexibility index (Phi) is 7.57. The van der Waals surface area contributed by atoms with Crippen molar-refractivity contribution in [2.75, 3.05) is 13.1 Å². The number of nitro benzene ring substituents is 1. The lowest BCUT2D eigenvalue weighted by Gasteiger charge is -2.23. The summed E-state index contributed by atoms with van der Waals surface area (Å²) in [6.07, 6.45) is 1.64. The van der Waals surface area contributed by atoms with E-state index in [1.807, 2.05) is 20.8 Å². The van der Waals surface area contributed by atoms with E-state index in [2.05, 4.69) is 10.1 Å². The maximum Gasteiger partial charge on any atom is 0.311 e. The fraction of sp³-hybridized carbons (Fsp3) is 0.562. The van der Waals surface area contributed by atoms with Gasteiger partial charge in [0, 0.05) is 18.7 Å². The highest BCUT2D eigenvalue weighted by Crippen LogP contribution is 2.29. The molecule has 24 heavy (non-hydrogen) atoms. The molecule has 1 aliphatic rings. The smallest absolute Gasteiger partial charge is 0.311 e. The van der Waals surface area contributed by atoms with Crippen LogP contribution in [0, 0.1) is 15.9 Å². The van der Waals surface area contributed by atoms with Gasteiger partial charge in [0.25, 0.3) is 6.47 Å². The molecular weight excluding hydrogens is 319 g/mol. The molecule has 1 atom stereocenters. The lowest BCUT2D eigenvalue weighted by atomic mass is 10.1. The Morgan fingerprint density at radius 1 is 1.42 bits per heavy atom. The molecular formula is C16H23FN2O5. The number of benzene rings is 1. The number of carbonyl (C=O) groups is 1. The third kappa shape index (κ3) is 7.36. The van der Waals surface area contributed by atoms with Gasteiger partial charge in [-0.05, 0) is 46.2 Å². The topological polar surface area (TPSA) is 90.7 Å². The average Bonchev–Trinajstić information content (AvgIpc) is 2.47. The summed E-state index contributed by atoms with van der Waals surface area (Å²) < 4.78 is 23.1. The largest absolute Gasteiger partial charge is 0.482 e. The zero-order valence-corrected chi connectivity index (χ0v) is 14.1. The van der Waals surface area contributed by atoms with Crippen molar-refractivity contribution in [2.45, 2.75) is 45.3 Å². The van der Waals surface area contributed by atoms with Crippen molar-refractivity contribution in [1.29, 1.82) is 0 Å². The van der Waals surface area contributed by atoms with E-state index in [1.165, 1.54) is 0 Å². The summed E-state index contributed by atoms with van der Waals surface area (Å²) in [5, 5.41) is 13.9. The zero-order valence-electron chi connectivity index (χ0n) is 14.1. The van der Waals surface area contributed by atoms with Gasteiger partial charge in [-0.3, -0.25) is 14.9 Å². The first kappa shape index (κ1) is 19.8. The lowest BCUT2D eigenvalue weighted by molar-refractivity contribution is -0.386. The predicted molar refractivity (Wildman–Crippen MR) is 86.5 cm³/mol. The summed E-state index contributed by atoms with van der Waals surface area (Å²) in [6, 6.07) is 3.25. The molecule has 2 rings (SSSR count). The number of halogens is 1. The number of ether oxygens (including phenoxy) is 2. The van der Waals surface area contributed by atoms with E-state index in [1.54, 1.807) is 0 Å². The lowest BCUT2D eigenvalue weighted by Crippen LogP contribution is -2.37. The zero-order chi connectivity index (χ0) is 18.2. The molecule has 1 saturated heterocycles. The molecule has 134 valence electrons. The van der Waals surface area contributed by atoms with Crippen LogP contribution in [-0.4, -0.2) is 36.2 Å². The molecule has 7 nitrogen and oxygen atoms in total. The van der Waals surface area contributed by atoms with Crippen molar-refractivity contribution < 1.29 is 23.6 Å². The van der Waals surface area contributed by atoms with Gasteiger partial charge in [-0.15, -0.1) is 0 Å². The third-order valence-electron chi connectivity index (χ3n) is 3.07. The van der Waals surface area contributed by atoms with Gasteiger partial charge in [0.05, 0.1) is 4.92 Å². The quantitative estimate of drug-likeness (QED) is 0.514. The second-order valence-corrected chi connectivity index (χ2v) is 6.28. The molecule has 0 saturated carbocycles. The number of carbonyl (C=O) groups excluding carboxylic acids is 1. The molecule has 8 heteroatoms. The predicted octanol–water partition coefficient (Wildman–Crippen LogP) is 2.82. The van der Waals surface area contributed by atoms with Crippen molar-refractivity contribution in [3.8, 4) is 5.75 Å². The first-order valence-electron chi connectivity index (χ1n) is 7.65. The van der Waals surface area contributed by atoms with E-state index in [9.17, 15) is 19.3 Å². The van der Waals surface area contributed by atoms with E-state index in [0.29, 0.717) is 13.0 Å². The number of piperidine rings is 1. The molecule has 0 bridgehead atoms. The Labute approximate surface area is 140 Å². The molecule has 1 heterocycles. The molecule has 1 N–H and O–H groups in total. The van der Waals surface area contributed by atoms with E-state index in [0.717, 1.165) is 37.6 Å². The summed E-state index contributed by atoms with van der Waals surface area (Å²) in [6.45, 7) is 7.48. The van der Waals surface area contributed by atoms with E-state index >= 15 is 0 Å². The van der Waals surface area contributed by atoms with Gasteiger partial charge in [-0.2, -0.15) is 0 Å². The minimum Gasteiger partial charge on any atom is -0.482 e. The van der Waals surface area contributed by atoms with Crippen LogP contribution in [0.2, 0.25) is 0 Å². The highest BCUT2D eigenvalue weighted by Gasteiger charge is 2.21. The van der Waals surface area contributed by atoms with Gasteiger partial charge in [0.15, 0.2) is 5.75 Å². The molecule has 1 aromatic rings. The van der Waals surface area contributed by atoms with E-state index in [4.69, 9.17) is 4.74 Å². The number of hydrogen-bond donors (Lipinski definition) is 1.